The Bertz CT molecular complexity index is 2840. The average Bonchev–Trinajstić information content (AvgIpc) is 3.51. The quantitative estimate of drug-likeness (QED) is 0.184. The minimum atomic E-state index is 0.904. The first-order valence-electron chi connectivity index (χ1n) is 16.4. The van der Waals surface area contributed by atoms with Gasteiger partial charge in [-0.2, -0.15) is 0 Å². The number of rotatable bonds is 4. The zero-order valence-electron chi connectivity index (χ0n) is 26.1. The first-order chi connectivity index (χ1) is 23.8. The van der Waals surface area contributed by atoms with Crippen molar-refractivity contribution in [2.24, 2.45) is 0 Å². The van der Waals surface area contributed by atoms with E-state index in [0.717, 1.165) is 44.4 Å². The molecule has 0 spiro atoms. The van der Waals surface area contributed by atoms with Crippen molar-refractivity contribution in [1.29, 1.82) is 0 Å². The Morgan fingerprint density at radius 2 is 1.00 bits per heavy atom. The number of furan rings is 1. The molecule has 0 aliphatic heterocycles. The van der Waals surface area contributed by atoms with Crippen LogP contribution in [0.4, 0.5) is 17.1 Å². The number of anilines is 3. The van der Waals surface area contributed by atoms with Crippen molar-refractivity contribution in [1.82, 2.24) is 0 Å². The van der Waals surface area contributed by atoms with E-state index < -0.39 is 0 Å². The lowest BCUT2D eigenvalue weighted by Gasteiger charge is -2.28. The van der Waals surface area contributed by atoms with Crippen molar-refractivity contribution in [3.8, 4) is 11.1 Å². The van der Waals surface area contributed by atoms with E-state index in [1.54, 1.807) is 0 Å². The lowest BCUT2D eigenvalue weighted by atomic mass is 9.95. The molecule has 1 heterocycles. The number of para-hydroxylation sites is 2. The molecule has 0 atom stereocenters. The molecule has 48 heavy (non-hydrogen) atoms. The van der Waals surface area contributed by atoms with Crippen molar-refractivity contribution < 1.29 is 4.42 Å². The highest BCUT2D eigenvalue weighted by atomic mass is 16.3. The molecule has 1 aromatic heterocycles. The highest BCUT2D eigenvalue weighted by Crippen LogP contribution is 2.44. The van der Waals surface area contributed by atoms with E-state index >= 15 is 0 Å². The van der Waals surface area contributed by atoms with E-state index in [9.17, 15) is 0 Å². The minimum Gasteiger partial charge on any atom is -0.456 e. The summed E-state index contributed by atoms with van der Waals surface area (Å²) < 4.78 is 6.32. The van der Waals surface area contributed by atoms with Crippen LogP contribution in [-0.2, 0) is 0 Å². The Labute approximate surface area is 277 Å². The maximum Gasteiger partial charge on any atom is 0.136 e. The summed E-state index contributed by atoms with van der Waals surface area (Å²) in [4.78, 5) is 2.41. The van der Waals surface area contributed by atoms with Crippen LogP contribution in [0.3, 0.4) is 0 Å². The number of hydrogen-bond donors (Lipinski definition) is 0. The first-order valence-corrected chi connectivity index (χ1v) is 16.4. The Morgan fingerprint density at radius 1 is 0.354 bits per heavy atom. The molecule has 10 rings (SSSR count). The third-order valence-electron chi connectivity index (χ3n) is 9.78. The molecule has 0 unspecified atom stereocenters. The third-order valence-corrected chi connectivity index (χ3v) is 9.78. The van der Waals surface area contributed by atoms with Gasteiger partial charge in [-0.3, -0.25) is 0 Å². The number of benzene rings is 9. The summed E-state index contributed by atoms with van der Waals surface area (Å²) >= 11 is 0. The van der Waals surface area contributed by atoms with Crippen molar-refractivity contribution in [3.63, 3.8) is 0 Å². The molecule has 9 aromatic carbocycles. The average molecular weight is 612 g/mol. The van der Waals surface area contributed by atoms with Crippen LogP contribution in [0.5, 0.6) is 0 Å². The minimum absolute atomic E-state index is 0.904. The summed E-state index contributed by atoms with van der Waals surface area (Å²) in [5.74, 6) is 0. The van der Waals surface area contributed by atoms with E-state index in [-0.39, 0.29) is 0 Å². The number of nitrogens with zero attached hydrogens (tertiary/aromatic N) is 1. The summed E-state index contributed by atoms with van der Waals surface area (Å²) in [6, 6.07) is 63.5. The van der Waals surface area contributed by atoms with Crippen molar-refractivity contribution in [3.05, 3.63) is 176 Å². The van der Waals surface area contributed by atoms with Gasteiger partial charge in [0.05, 0.1) is 5.69 Å². The summed E-state index contributed by atoms with van der Waals surface area (Å²) in [5, 5.41) is 12.1. The van der Waals surface area contributed by atoms with Gasteiger partial charge in [-0.25, -0.2) is 0 Å². The van der Waals surface area contributed by atoms with Crippen LogP contribution in [0.2, 0.25) is 0 Å². The topological polar surface area (TPSA) is 16.4 Å². The van der Waals surface area contributed by atoms with Gasteiger partial charge in [0, 0.05) is 27.7 Å². The summed E-state index contributed by atoms with van der Waals surface area (Å²) in [6.07, 6.45) is 0. The van der Waals surface area contributed by atoms with Crippen LogP contribution in [0.1, 0.15) is 0 Å². The van der Waals surface area contributed by atoms with Gasteiger partial charge in [0.1, 0.15) is 11.2 Å². The molecular weight excluding hydrogens is 583 g/mol. The molecule has 0 N–H and O–H groups in total. The van der Waals surface area contributed by atoms with Crippen LogP contribution < -0.4 is 4.90 Å². The normalized spacial score (nSPS) is 11.8. The zero-order valence-corrected chi connectivity index (χ0v) is 26.1. The molecule has 2 heteroatoms. The molecule has 0 fully saturated rings. The van der Waals surface area contributed by atoms with E-state index in [4.69, 9.17) is 4.42 Å². The Hall–Kier alpha value is -6.38. The van der Waals surface area contributed by atoms with Crippen molar-refractivity contribution in [2.45, 2.75) is 0 Å². The largest absolute Gasteiger partial charge is 0.456 e. The van der Waals surface area contributed by atoms with Gasteiger partial charge in [0.25, 0.3) is 0 Å². The summed E-state index contributed by atoms with van der Waals surface area (Å²) in [7, 11) is 0. The zero-order chi connectivity index (χ0) is 31.6. The van der Waals surface area contributed by atoms with Crippen LogP contribution in [0.15, 0.2) is 180 Å². The second kappa shape index (κ2) is 10.6. The molecule has 224 valence electrons. The van der Waals surface area contributed by atoms with E-state index in [0.29, 0.717) is 0 Å². The van der Waals surface area contributed by atoms with E-state index in [1.165, 1.54) is 48.8 Å². The van der Waals surface area contributed by atoms with Crippen LogP contribution in [0, 0.1) is 0 Å². The monoisotopic (exact) mass is 611 g/mol. The Balaban J connectivity index is 1.25. The fourth-order valence-electron chi connectivity index (χ4n) is 7.51. The standard InChI is InChI=1S/C46H29NO/c1-2-10-30(11-3-1)38-13-6-8-16-43(38)47(36-25-23-34-27-42-40-15-7-9-17-44(40)48-45(42)28-35(34)26-36)37-24-22-32-19-21-33-20-18-31-12-4-5-14-39(31)46(33)41(32)29-37/h1-29H. The van der Waals surface area contributed by atoms with Gasteiger partial charge in [-0.15, -0.1) is 0 Å². The number of fused-ring (bicyclic) bond motifs is 9. The Morgan fingerprint density at radius 3 is 1.88 bits per heavy atom. The van der Waals surface area contributed by atoms with Gasteiger partial charge in [0.15, 0.2) is 0 Å². The molecule has 0 bridgehead atoms. The molecule has 0 radical (unpaired) electrons. The van der Waals surface area contributed by atoms with Gasteiger partial charge in [-0.1, -0.05) is 127 Å². The maximum atomic E-state index is 6.32. The fourth-order valence-corrected chi connectivity index (χ4v) is 7.51. The second-order valence-corrected chi connectivity index (χ2v) is 12.6. The predicted molar refractivity (Wildman–Crippen MR) is 204 cm³/mol. The lowest BCUT2D eigenvalue weighted by Crippen LogP contribution is -2.11. The van der Waals surface area contributed by atoms with Crippen molar-refractivity contribution in [2.75, 3.05) is 4.90 Å². The molecular formula is C46H29NO. The van der Waals surface area contributed by atoms with Crippen molar-refractivity contribution >= 4 is 82.1 Å². The molecule has 0 saturated carbocycles. The van der Waals surface area contributed by atoms with Crippen LogP contribution >= 0.6 is 0 Å². The third kappa shape index (κ3) is 4.20. The summed E-state index contributed by atoms with van der Waals surface area (Å²) in [5.41, 5.74) is 7.49. The van der Waals surface area contributed by atoms with Gasteiger partial charge >= 0.3 is 0 Å². The maximum absolute atomic E-state index is 6.32. The fraction of sp³-hybridized carbons (Fsp3) is 0. The molecule has 0 aliphatic rings. The molecule has 2 nitrogen and oxygen atoms in total. The smallest absolute Gasteiger partial charge is 0.136 e. The van der Waals surface area contributed by atoms with E-state index in [2.05, 4.69) is 169 Å². The first kappa shape index (κ1) is 26.8. The van der Waals surface area contributed by atoms with E-state index in [1.807, 2.05) is 12.1 Å². The summed E-state index contributed by atoms with van der Waals surface area (Å²) in [6.45, 7) is 0. The van der Waals surface area contributed by atoms with Gasteiger partial charge < -0.3 is 9.32 Å². The number of hydrogen-bond acceptors (Lipinski definition) is 2. The van der Waals surface area contributed by atoms with Gasteiger partial charge in [-0.05, 0) is 97.2 Å². The van der Waals surface area contributed by atoms with Crippen LogP contribution in [0.25, 0.3) is 76.2 Å². The molecule has 10 aromatic rings. The highest BCUT2D eigenvalue weighted by Gasteiger charge is 2.19. The predicted octanol–water partition coefficient (Wildman–Crippen LogP) is 13.3. The lowest BCUT2D eigenvalue weighted by molar-refractivity contribution is 0.669. The molecule has 0 amide bonds. The molecule has 0 saturated heterocycles. The highest BCUT2D eigenvalue weighted by molar-refractivity contribution is 6.21. The van der Waals surface area contributed by atoms with Gasteiger partial charge in [0.2, 0.25) is 0 Å². The Kier molecular flexibility index (Phi) is 5.91. The second-order valence-electron chi connectivity index (χ2n) is 12.6. The SMILES string of the molecule is c1ccc(-c2ccccc2N(c2ccc3cc4c(cc3c2)oc2ccccc24)c2ccc3ccc4ccc5ccccc5c4c3c2)cc1. The molecule has 0 aliphatic carbocycles. The van der Waals surface area contributed by atoms with Crippen LogP contribution in [-0.4, -0.2) is 0 Å².